The average Bonchev–Trinajstić information content (AvgIpc) is 2.96. The van der Waals surface area contributed by atoms with Gasteiger partial charge in [-0.25, -0.2) is 4.68 Å². The van der Waals surface area contributed by atoms with Crippen LogP contribution in [0.25, 0.3) is 11.0 Å². The fourth-order valence-corrected chi connectivity index (χ4v) is 2.67. The molecule has 3 rings (SSSR count). The van der Waals surface area contributed by atoms with Crippen LogP contribution in [-0.4, -0.2) is 57.0 Å². The third-order valence-corrected chi connectivity index (χ3v) is 4.11. The Hall–Kier alpha value is -2.48. The first-order valence-corrected chi connectivity index (χ1v) is 7.49. The number of amides is 2. The molecule has 1 aromatic carbocycles. The van der Waals surface area contributed by atoms with E-state index >= 15 is 0 Å². The number of para-hydroxylation sites is 1. The van der Waals surface area contributed by atoms with Gasteiger partial charge in [0.2, 0.25) is 5.91 Å². The topological polar surface area (TPSA) is 103 Å². The van der Waals surface area contributed by atoms with E-state index in [-0.39, 0.29) is 18.9 Å². The van der Waals surface area contributed by atoms with E-state index in [0.29, 0.717) is 19.7 Å². The minimum atomic E-state index is -1.12. The van der Waals surface area contributed by atoms with Crippen LogP contribution in [0.1, 0.15) is 13.3 Å². The number of nitrogens with zero attached hydrogens (tertiary/aromatic N) is 4. The van der Waals surface area contributed by atoms with Gasteiger partial charge >= 0.3 is 0 Å². The number of benzene rings is 1. The minimum Gasteiger partial charge on any atom is -0.367 e. The van der Waals surface area contributed by atoms with Crippen molar-refractivity contribution in [2.75, 3.05) is 19.7 Å². The molecule has 23 heavy (non-hydrogen) atoms. The second-order valence-electron chi connectivity index (χ2n) is 5.81. The molecule has 122 valence electrons. The number of primary amides is 1. The molecule has 2 heterocycles. The fourth-order valence-electron chi connectivity index (χ4n) is 2.67. The number of carbonyl (C=O) groups excluding carboxylic acids is 2. The van der Waals surface area contributed by atoms with E-state index in [4.69, 9.17) is 10.5 Å². The molecule has 1 fully saturated rings. The highest BCUT2D eigenvalue weighted by Gasteiger charge is 2.39. The quantitative estimate of drug-likeness (QED) is 0.850. The second kappa shape index (κ2) is 5.96. The van der Waals surface area contributed by atoms with Crippen LogP contribution in [-0.2, 0) is 20.9 Å². The molecule has 1 atom stereocenters. The van der Waals surface area contributed by atoms with Crippen molar-refractivity contribution >= 4 is 22.8 Å². The van der Waals surface area contributed by atoms with Crippen LogP contribution in [0.3, 0.4) is 0 Å². The summed E-state index contributed by atoms with van der Waals surface area (Å²) in [6.45, 7) is 2.99. The number of hydrogen-bond donors (Lipinski definition) is 1. The number of rotatable bonds is 4. The molecule has 1 aliphatic rings. The molecule has 0 aliphatic carbocycles. The predicted molar refractivity (Wildman–Crippen MR) is 82.3 cm³/mol. The number of nitrogens with two attached hydrogens (primary N) is 1. The third kappa shape index (κ3) is 3.02. The predicted octanol–water partition coefficient (Wildman–Crippen LogP) is -0.0758. The smallest absolute Gasteiger partial charge is 0.251 e. The molecule has 0 bridgehead atoms. The van der Waals surface area contributed by atoms with Gasteiger partial charge in [-0.1, -0.05) is 17.3 Å². The van der Waals surface area contributed by atoms with Crippen molar-refractivity contribution in [3.8, 4) is 0 Å². The van der Waals surface area contributed by atoms with Crippen molar-refractivity contribution in [1.82, 2.24) is 19.9 Å². The Morgan fingerprint density at radius 1 is 1.39 bits per heavy atom. The SMILES string of the molecule is C[C@]1(C(N)=O)CN(C(=O)CCn2nnc3ccccc32)CCO1. The first kappa shape index (κ1) is 15.4. The second-order valence-corrected chi connectivity index (χ2v) is 5.81. The van der Waals surface area contributed by atoms with Crippen LogP contribution in [0, 0.1) is 0 Å². The number of aryl methyl sites for hydroxylation is 1. The molecule has 8 heteroatoms. The Morgan fingerprint density at radius 3 is 2.96 bits per heavy atom. The number of fused-ring (bicyclic) bond motifs is 1. The largest absolute Gasteiger partial charge is 0.367 e. The van der Waals surface area contributed by atoms with Crippen LogP contribution in [0.4, 0.5) is 0 Å². The number of carbonyl (C=O) groups is 2. The lowest BCUT2D eigenvalue weighted by Crippen LogP contribution is -2.58. The van der Waals surface area contributed by atoms with Crippen LogP contribution < -0.4 is 5.73 Å². The van der Waals surface area contributed by atoms with Crippen molar-refractivity contribution in [1.29, 1.82) is 0 Å². The van der Waals surface area contributed by atoms with Crippen LogP contribution >= 0.6 is 0 Å². The van der Waals surface area contributed by atoms with Gasteiger partial charge in [-0.05, 0) is 19.1 Å². The summed E-state index contributed by atoms with van der Waals surface area (Å²) in [6.07, 6.45) is 0.280. The molecule has 0 saturated carbocycles. The van der Waals surface area contributed by atoms with E-state index < -0.39 is 11.5 Å². The Balaban J connectivity index is 1.64. The summed E-state index contributed by atoms with van der Waals surface area (Å²) in [5.41, 5.74) is 5.93. The van der Waals surface area contributed by atoms with Gasteiger partial charge in [-0.2, -0.15) is 0 Å². The Bertz CT molecular complexity index is 744. The van der Waals surface area contributed by atoms with E-state index in [1.165, 1.54) is 0 Å². The standard InChI is InChI=1S/C15H19N5O3/c1-15(14(16)22)10-19(8-9-23-15)13(21)6-7-20-12-5-3-2-4-11(12)17-18-20/h2-5H,6-10H2,1H3,(H2,16,22)/t15-/m1/s1. The van der Waals surface area contributed by atoms with Crippen molar-refractivity contribution in [3.05, 3.63) is 24.3 Å². The van der Waals surface area contributed by atoms with E-state index in [1.54, 1.807) is 16.5 Å². The highest BCUT2D eigenvalue weighted by atomic mass is 16.5. The van der Waals surface area contributed by atoms with Gasteiger partial charge in [0.05, 0.1) is 25.2 Å². The van der Waals surface area contributed by atoms with Crippen LogP contribution in [0.15, 0.2) is 24.3 Å². The molecule has 2 amide bonds. The summed E-state index contributed by atoms with van der Waals surface area (Å²) in [5, 5.41) is 8.13. The zero-order valence-corrected chi connectivity index (χ0v) is 12.9. The molecule has 1 aromatic heterocycles. The van der Waals surface area contributed by atoms with Gasteiger partial charge in [0.25, 0.3) is 5.91 Å². The monoisotopic (exact) mass is 317 g/mol. The lowest BCUT2D eigenvalue weighted by Gasteiger charge is -2.38. The van der Waals surface area contributed by atoms with Crippen molar-refractivity contribution < 1.29 is 14.3 Å². The van der Waals surface area contributed by atoms with Crippen molar-refractivity contribution in [2.45, 2.75) is 25.5 Å². The average molecular weight is 317 g/mol. The first-order chi connectivity index (χ1) is 11.0. The highest BCUT2D eigenvalue weighted by molar-refractivity contribution is 5.85. The summed E-state index contributed by atoms with van der Waals surface area (Å²) in [6, 6.07) is 7.59. The number of morpholine rings is 1. The number of hydrogen-bond acceptors (Lipinski definition) is 5. The molecule has 2 aromatic rings. The molecular formula is C15H19N5O3. The minimum absolute atomic E-state index is 0.0552. The van der Waals surface area contributed by atoms with Gasteiger partial charge in [0, 0.05) is 13.0 Å². The molecule has 0 unspecified atom stereocenters. The maximum Gasteiger partial charge on any atom is 0.251 e. The zero-order valence-electron chi connectivity index (χ0n) is 12.9. The summed E-state index contributed by atoms with van der Waals surface area (Å²) in [4.78, 5) is 25.5. The van der Waals surface area contributed by atoms with E-state index in [9.17, 15) is 9.59 Å². The van der Waals surface area contributed by atoms with Crippen molar-refractivity contribution in [2.24, 2.45) is 5.73 Å². The normalized spacial score (nSPS) is 21.5. The zero-order chi connectivity index (χ0) is 16.4. The molecule has 0 radical (unpaired) electrons. The Kier molecular flexibility index (Phi) is 3.99. The summed E-state index contributed by atoms with van der Waals surface area (Å²) in [7, 11) is 0. The Labute approximate surface area is 133 Å². The molecule has 8 nitrogen and oxygen atoms in total. The summed E-state index contributed by atoms with van der Waals surface area (Å²) in [5.74, 6) is -0.613. The van der Waals surface area contributed by atoms with E-state index in [0.717, 1.165) is 11.0 Å². The number of ether oxygens (including phenoxy) is 1. The summed E-state index contributed by atoms with van der Waals surface area (Å²) >= 11 is 0. The summed E-state index contributed by atoms with van der Waals surface area (Å²) < 4.78 is 7.13. The van der Waals surface area contributed by atoms with Crippen molar-refractivity contribution in [3.63, 3.8) is 0 Å². The van der Waals surface area contributed by atoms with E-state index in [2.05, 4.69) is 10.3 Å². The van der Waals surface area contributed by atoms with Crippen LogP contribution in [0.5, 0.6) is 0 Å². The van der Waals surface area contributed by atoms with Gasteiger partial charge < -0.3 is 15.4 Å². The lowest BCUT2D eigenvalue weighted by molar-refractivity contribution is -0.160. The van der Waals surface area contributed by atoms with Gasteiger partial charge in [-0.15, -0.1) is 5.10 Å². The molecule has 2 N–H and O–H groups in total. The van der Waals surface area contributed by atoms with Gasteiger partial charge in [0.15, 0.2) is 5.60 Å². The first-order valence-electron chi connectivity index (χ1n) is 7.49. The van der Waals surface area contributed by atoms with Crippen LogP contribution in [0.2, 0.25) is 0 Å². The van der Waals surface area contributed by atoms with Gasteiger partial charge in [-0.3, -0.25) is 9.59 Å². The molecule has 1 saturated heterocycles. The lowest BCUT2D eigenvalue weighted by atomic mass is 10.0. The highest BCUT2D eigenvalue weighted by Crippen LogP contribution is 2.18. The maximum atomic E-state index is 12.4. The van der Waals surface area contributed by atoms with E-state index in [1.807, 2.05) is 24.3 Å². The molecule has 0 spiro atoms. The van der Waals surface area contributed by atoms with Gasteiger partial charge in [0.1, 0.15) is 5.52 Å². The molecule has 1 aliphatic heterocycles. The molecular weight excluding hydrogens is 298 g/mol. The number of aromatic nitrogens is 3. The fraction of sp³-hybridized carbons (Fsp3) is 0.467. The maximum absolute atomic E-state index is 12.4. The third-order valence-electron chi connectivity index (χ3n) is 4.11. The Morgan fingerprint density at radius 2 is 2.17 bits per heavy atom.